The highest BCUT2D eigenvalue weighted by molar-refractivity contribution is 8.23. The lowest BCUT2D eigenvalue weighted by molar-refractivity contribution is -0.131. The second kappa shape index (κ2) is 10.1. The van der Waals surface area contributed by atoms with E-state index in [1.54, 1.807) is 31.3 Å². The Balaban J connectivity index is 1.73. The van der Waals surface area contributed by atoms with E-state index in [2.05, 4.69) is 17.1 Å². The second-order valence-electron chi connectivity index (χ2n) is 6.55. The Kier molecular flexibility index (Phi) is 8.18. The summed E-state index contributed by atoms with van der Waals surface area (Å²) >= 11 is 12.6. The molecule has 26 heavy (non-hydrogen) atoms. The van der Waals surface area contributed by atoms with Crippen LogP contribution in [-0.4, -0.2) is 58.4 Å². The van der Waals surface area contributed by atoms with Crippen LogP contribution in [-0.2, 0) is 9.59 Å². The van der Waals surface area contributed by atoms with Gasteiger partial charge in [-0.25, -0.2) is 0 Å². The fourth-order valence-electron chi connectivity index (χ4n) is 2.72. The van der Waals surface area contributed by atoms with Gasteiger partial charge in [0.2, 0.25) is 11.8 Å². The molecule has 1 aliphatic heterocycles. The monoisotopic (exact) mass is 413 g/mol. The second-order valence-corrected chi connectivity index (χ2v) is 8.60. The molecule has 1 aromatic carbocycles. The molecule has 0 bridgehead atoms. The first kappa shape index (κ1) is 21.0. The van der Waals surface area contributed by atoms with Crippen LogP contribution in [0.2, 0.25) is 5.02 Å². The molecule has 1 N–H and O–H groups in total. The van der Waals surface area contributed by atoms with Crippen molar-refractivity contribution in [2.24, 2.45) is 5.92 Å². The van der Waals surface area contributed by atoms with Gasteiger partial charge in [0.15, 0.2) is 0 Å². The van der Waals surface area contributed by atoms with E-state index < -0.39 is 0 Å². The molecule has 0 unspecified atom stereocenters. The average Bonchev–Trinajstić information content (AvgIpc) is 2.61. The van der Waals surface area contributed by atoms with Crippen molar-refractivity contribution in [1.82, 2.24) is 9.80 Å². The van der Waals surface area contributed by atoms with E-state index in [1.807, 2.05) is 0 Å². The van der Waals surface area contributed by atoms with Gasteiger partial charge in [-0.2, -0.15) is 0 Å². The summed E-state index contributed by atoms with van der Waals surface area (Å²) in [7, 11) is 1.62. The number of thiocarbonyl (C=S) groups is 1. The van der Waals surface area contributed by atoms with Crippen molar-refractivity contribution < 1.29 is 9.59 Å². The standard InChI is InChI=1S/C18H24ClN3O2S2/c1-13-4-3-9-22(10-13)18(25)26-12-17(24)21(2)11-16(23)20-15-7-5-14(19)6-8-15/h5-8,13H,3-4,9-12H2,1-2H3,(H,20,23)/t13-/m0/s1. The highest BCUT2D eigenvalue weighted by Crippen LogP contribution is 2.20. The van der Waals surface area contributed by atoms with Crippen LogP contribution in [0.25, 0.3) is 0 Å². The molecule has 0 aromatic heterocycles. The van der Waals surface area contributed by atoms with E-state index in [-0.39, 0.29) is 24.1 Å². The van der Waals surface area contributed by atoms with Gasteiger partial charge in [-0.15, -0.1) is 0 Å². The van der Waals surface area contributed by atoms with Gasteiger partial charge in [0.25, 0.3) is 0 Å². The summed E-state index contributed by atoms with van der Waals surface area (Å²) < 4.78 is 0.768. The molecule has 142 valence electrons. The van der Waals surface area contributed by atoms with Crippen LogP contribution < -0.4 is 5.32 Å². The fourth-order valence-corrected chi connectivity index (χ4v) is 4.00. The molecule has 1 atom stereocenters. The van der Waals surface area contributed by atoms with Gasteiger partial charge in [0, 0.05) is 30.8 Å². The van der Waals surface area contributed by atoms with E-state index in [0.29, 0.717) is 16.6 Å². The molecule has 5 nitrogen and oxygen atoms in total. The Morgan fingerprint density at radius 3 is 2.73 bits per heavy atom. The molecular formula is C18H24ClN3O2S2. The van der Waals surface area contributed by atoms with Gasteiger partial charge in [-0.1, -0.05) is 42.5 Å². The van der Waals surface area contributed by atoms with Crippen molar-refractivity contribution in [3.63, 3.8) is 0 Å². The number of anilines is 1. The van der Waals surface area contributed by atoms with Gasteiger partial charge in [0.05, 0.1) is 12.3 Å². The molecule has 0 aliphatic carbocycles. The van der Waals surface area contributed by atoms with Crippen LogP contribution in [0, 0.1) is 5.92 Å². The smallest absolute Gasteiger partial charge is 0.243 e. The predicted molar refractivity (Wildman–Crippen MR) is 113 cm³/mol. The Bertz CT molecular complexity index is 654. The Morgan fingerprint density at radius 1 is 1.38 bits per heavy atom. The van der Waals surface area contributed by atoms with Crippen molar-refractivity contribution in [3.8, 4) is 0 Å². The molecule has 1 aromatic rings. The minimum Gasteiger partial charge on any atom is -0.357 e. The number of nitrogens with one attached hydrogen (secondary N) is 1. The summed E-state index contributed by atoms with van der Waals surface area (Å²) in [5.41, 5.74) is 0.648. The molecule has 1 aliphatic rings. The van der Waals surface area contributed by atoms with Crippen molar-refractivity contribution in [3.05, 3.63) is 29.3 Å². The molecular weight excluding hydrogens is 390 g/mol. The first-order valence-electron chi connectivity index (χ1n) is 8.56. The van der Waals surface area contributed by atoms with Gasteiger partial charge in [-0.05, 0) is 43.0 Å². The number of nitrogens with zero attached hydrogens (tertiary/aromatic N) is 2. The number of carbonyl (C=O) groups excluding carboxylic acids is 2. The largest absolute Gasteiger partial charge is 0.357 e. The van der Waals surface area contributed by atoms with E-state index in [4.69, 9.17) is 23.8 Å². The molecule has 0 radical (unpaired) electrons. The van der Waals surface area contributed by atoms with E-state index in [9.17, 15) is 9.59 Å². The third-order valence-corrected chi connectivity index (χ3v) is 5.93. The van der Waals surface area contributed by atoms with Crippen molar-refractivity contribution in [2.75, 3.05) is 37.8 Å². The molecule has 1 fully saturated rings. The number of piperidine rings is 1. The van der Waals surface area contributed by atoms with Crippen LogP contribution in [0.5, 0.6) is 0 Å². The molecule has 1 heterocycles. The number of carbonyl (C=O) groups is 2. The van der Waals surface area contributed by atoms with E-state index in [0.717, 1.165) is 23.8 Å². The molecule has 8 heteroatoms. The molecule has 2 amide bonds. The first-order valence-corrected chi connectivity index (χ1v) is 10.3. The summed E-state index contributed by atoms with van der Waals surface area (Å²) in [6, 6.07) is 6.84. The summed E-state index contributed by atoms with van der Waals surface area (Å²) in [6.45, 7) is 4.14. The minimum atomic E-state index is -0.249. The fraction of sp³-hybridized carbons (Fsp3) is 0.500. The topological polar surface area (TPSA) is 52.7 Å². The van der Waals surface area contributed by atoms with Gasteiger partial charge >= 0.3 is 0 Å². The highest BCUT2D eigenvalue weighted by Gasteiger charge is 2.20. The van der Waals surface area contributed by atoms with Crippen molar-refractivity contribution in [1.29, 1.82) is 0 Å². The van der Waals surface area contributed by atoms with Gasteiger partial charge < -0.3 is 15.1 Å². The van der Waals surface area contributed by atoms with Gasteiger partial charge in [0.1, 0.15) is 4.32 Å². The number of benzene rings is 1. The number of rotatable bonds is 5. The summed E-state index contributed by atoms with van der Waals surface area (Å²) in [4.78, 5) is 27.9. The Morgan fingerprint density at radius 2 is 2.08 bits per heavy atom. The van der Waals surface area contributed by atoms with Crippen molar-refractivity contribution >= 4 is 57.4 Å². The quantitative estimate of drug-likeness (QED) is 0.749. The molecule has 0 spiro atoms. The third kappa shape index (κ3) is 6.78. The Labute approximate surface area is 169 Å². The van der Waals surface area contributed by atoms with E-state index >= 15 is 0 Å². The van der Waals surface area contributed by atoms with Crippen molar-refractivity contribution in [2.45, 2.75) is 19.8 Å². The third-order valence-electron chi connectivity index (χ3n) is 4.17. The number of thioether (sulfide) groups is 1. The average molecular weight is 414 g/mol. The zero-order chi connectivity index (χ0) is 19.1. The van der Waals surface area contributed by atoms with Crippen LogP contribution in [0.1, 0.15) is 19.8 Å². The maximum atomic E-state index is 12.3. The lowest BCUT2D eigenvalue weighted by Gasteiger charge is -2.32. The predicted octanol–water partition coefficient (Wildman–Crippen LogP) is 3.49. The maximum absolute atomic E-state index is 12.3. The van der Waals surface area contributed by atoms with Crippen LogP contribution in [0.4, 0.5) is 5.69 Å². The lowest BCUT2D eigenvalue weighted by atomic mass is 10.0. The van der Waals surface area contributed by atoms with Crippen LogP contribution >= 0.6 is 35.6 Å². The normalized spacial score (nSPS) is 16.9. The SMILES string of the molecule is C[C@H]1CCCN(C(=S)SCC(=O)N(C)CC(=O)Nc2ccc(Cl)cc2)C1. The molecule has 2 rings (SSSR count). The van der Waals surface area contributed by atoms with Crippen LogP contribution in [0.15, 0.2) is 24.3 Å². The number of amides is 2. The molecule has 1 saturated heterocycles. The zero-order valence-corrected chi connectivity index (χ0v) is 17.4. The lowest BCUT2D eigenvalue weighted by Crippen LogP contribution is -2.39. The number of hydrogen-bond acceptors (Lipinski definition) is 4. The van der Waals surface area contributed by atoms with Crippen LogP contribution in [0.3, 0.4) is 0 Å². The highest BCUT2D eigenvalue weighted by atomic mass is 35.5. The Hall–Kier alpha value is -1.31. The summed E-state index contributed by atoms with van der Waals surface area (Å²) in [5.74, 6) is 0.514. The number of likely N-dealkylation sites (tertiary alicyclic amines) is 1. The van der Waals surface area contributed by atoms with E-state index in [1.165, 1.54) is 23.1 Å². The first-order chi connectivity index (χ1) is 12.3. The number of likely N-dealkylation sites (N-methyl/N-ethyl adjacent to an activating group) is 1. The minimum absolute atomic E-state index is 0.00443. The summed E-state index contributed by atoms with van der Waals surface area (Å²) in [5, 5.41) is 3.35. The van der Waals surface area contributed by atoms with Gasteiger partial charge in [-0.3, -0.25) is 9.59 Å². The zero-order valence-electron chi connectivity index (χ0n) is 15.0. The maximum Gasteiger partial charge on any atom is 0.243 e. The number of halogens is 1. The summed E-state index contributed by atoms with van der Waals surface area (Å²) in [6.07, 6.45) is 2.37. The molecule has 0 saturated carbocycles. The number of hydrogen-bond donors (Lipinski definition) is 1.